The van der Waals surface area contributed by atoms with Crippen molar-refractivity contribution in [1.29, 1.82) is 0 Å². The summed E-state index contributed by atoms with van der Waals surface area (Å²) in [6.07, 6.45) is 3.83. The van der Waals surface area contributed by atoms with E-state index in [2.05, 4.69) is 0 Å². The molecule has 15 heavy (non-hydrogen) atoms. The molecular formula is C12H16ClNO. The highest BCUT2D eigenvalue weighted by atomic mass is 35.5. The Balaban J connectivity index is 1.79. The first-order valence-corrected chi connectivity index (χ1v) is 5.77. The Bertz CT molecular complexity index is 308. The minimum absolute atomic E-state index is 0.175. The van der Waals surface area contributed by atoms with Crippen LogP contribution in [0.1, 0.15) is 19.3 Å². The molecule has 0 aliphatic heterocycles. The highest BCUT2D eigenvalue weighted by molar-refractivity contribution is 6.30. The SMILES string of the molecule is NC(COc1ccc(Cl)cc1)C1CCC1. The Labute approximate surface area is 95.4 Å². The molecule has 0 radical (unpaired) electrons. The van der Waals surface area contributed by atoms with Crippen molar-refractivity contribution in [1.82, 2.24) is 0 Å². The Hall–Kier alpha value is -0.730. The molecule has 1 saturated carbocycles. The van der Waals surface area contributed by atoms with Gasteiger partial charge in [-0.05, 0) is 43.0 Å². The third kappa shape index (κ3) is 2.86. The number of rotatable bonds is 4. The minimum atomic E-state index is 0.175. The summed E-state index contributed by atoms with van der Waals surface area (Å²) in [5.74, 6) is 1.51. The van der Waals surface area contributed by atoms with Gasteiger partial charge in [-0.1, -0.05) is 18.0 Å². The van der Waals surface area contributed by atoms with E-state index in [9.17, 15) is 0 Å². The lowest BCUT2D eigenvalue weighted by molar-refractivity contribution is 0.189. The summed E-state index contributed by atoms with van der Waals surface area (Å²) < 4.78 is 5.60. The van der Waals surface area contributed by atoms with E-state index in [0.29, 0.717) is 12.5 Å². The molecule has 1 aliphatic rings. The average Bonchev–Trinajstić information content (AvgIpc) is 2.14. The van der Waals surface area contributed by atoms with Gasteiger partial charge in [0.15, 0.2) is 0 Å². The van der Waals surface area contributed by atoms with Gasteiger partial charge >= 0.3 is 0 Å². The van der Waals surface area contributed by atoms with Crippen LogP contribution in [0, 0.1) is 5.92 Å². The van der Waals surface area contributed by atoms with Crippen molar-refractivity contribution in [3.8, 4) is 5.75 Å². The molecule has 2 nitrogen and oxygen atoms in total. The van der Waals surface area contributed by atoms with Crippen molar-refractivity contribution in [2.75, 3.05) is 6.61 Å². The molecular weight excluding hydrogens is 210 g/mol. The van der Waals surface area contributed by atoms with Crippen molar-refractivity contribution >= 4 is 11.6 Å². The van der Waals surface area contributed by atoms with Crippen LogP contribution in [0.3, 0.4) is 0 Å². The molecule has 0 amide bonds. The molecule has 2 rings (SSSR count). The zero-order valence-electron chi connectivity index (χ0n) is 8.66. The van der Waals surface area contributed by atoms with Gasteiger partial charge in [0, 0.05) is 11.1 Å². The lowest BCUT2D eigenvalue weighted by Crippen LogP contribution is -2.39. The van der Waals surface area contributed by atoms with Gasteiger partial charge in [0.1, 0.15) is 12.4 Å². The molecule has 3 heteroatoms. The highest BCUT2D eigenvalue weighted by Gasteiger charge is 2.24. The minimum Gasteiger partial charge on any atom is -0.492 e. The molecule has 0 saturated heterocycles. The summed E-state index contributed by atoms with van der Waals surface area (Å²) in [5, 5.41) is 0.727. The normalized spacial score (nSPS) is 18.3. The predicted octanol–water partition coefficient (Wildman–Crippen LogP) is 2.85. The smallest absolute Gasteiger partial charge is 0.119 e. The average molecular weight is 226 g/mol. The van der Waals surface area contributed by atoms with Gasteiger partial charge < -0.3 is 10.5 Å². The molecule has 82 valence electrons. The number of benzene rings is 1. The van der Waals surface area contributed by atoms with Gasteiger partial charge in [-0.15, -0.1) is 0 Å². The van der Waals surface area contributed by atoms with E-state index in [0.717, 1.165) is 10.8 Å². The fourth-order valence-electron chi connectivity index (χ4n) is 1.73. The van der Waals surface area contributed by atoms with Crippen LogP contribution in [0.5, 0.6) is 5.75 Å². The fraction of sp³-hybridized carbons (Fsp3) is 0.500. The molecule has 1 aliphatic carbocycles. The highest BCUT2D eigenvalue weighted by Crippen LogP contribution is 2.28. The van der Waals surface area contributed by atoms with Crippen LogP contribution < -0.4 is 10.5 Å². The van der Waals surface area contributed by atoms with Gasteiger partial charge in [-0.3, -0.25) is 0 Å². The van der Waals surface area contributed by atoms with E-state index in [4.69, 9.17) is 22.1 Å². The third-order valence-corrected chi connectivity index (χ3v) is 3.26. The predicted molar refractivity (Wildman–Crippen MR) is 62.3 cm³/mol. The van der Waals surface area contributed by atoms with E-state index in [1.807, 2.05) is 24.3 Å². The summed E-state index contributed by atoms with van der Waals surface area (Å²) in [5.41, 5.74) is 6.01. The molecule has 1 unspecified atom stereocenters. The summed E-state index contributed by atoms with van der Waals surface area (Å²) >= 11 is 5.78. The van der Waals surface area contributed by atoms with Gasteiger partial charge in [0.25, 0.3) is 0 Å². The first-order chi connectivity index (χ1) is 7.25. The molecule has 1 atom stereocenters. The van der Waals surface area contributed by atoms with E-state index in [1.54, 1.807) is 0 Å². The fourth-order valence-corrected chi connectivity index (χ4v) is 1.85. The molecule has 0 spiro atoms. The second-order valence-corrected chi connectivity index (χ2v) is 4.56. The van der Waals surface area contributed by atoms with Crippen LogP contribution in [0.15, 0.2) is 24.3 Å². The van der Waals surface area contributed by atoms with Crippen LogP contribution in [0.2, 0.25) is 5.02 Å². The quantitative estimate of drug-likeness (QED) is 0.855. The number of ether oxygens (including phenoxy) is 1. The Morgan fingerprint density at radius 3 is 2.53 bits per heavy atom. The Morgan fingerprint density at radius 1 is 1.33 bits per heavy atom. The molecule has 1 fully saturated rings. The van der Waals surface area contributed by atoms with Crippen LogP contribution in [-0.2, 0) is 0 Å². The second-order valence-electron chi connectivity index (χ2n) is 4.12. The molecule has 0 aromatic heterocycles. The van der Waals surface area contributed by atoms with E-state index < -0.39 is 0 Å². The third-order valence-electron chi connectivity index (χ3n) is 3.01. The van der Waals surface area contributed by atoms with Crippen LogP contribution >= 0.6 is 11.6 Å². The van der Waals surface area contributed by atoms with Gasteiger partial charge in [-0.25, -0.2) is 0 Å². The van der Waals surface area contributed by atoms with Crippen molar-refractivity contribution in [2.24, 2.45) is 11.7 Å². The topological polar surface area (TPSA) is 35.2 Å². The van der Waals surface area contributed by atoms with E-state index >= 15 is 0 Å². The zero-order chi connectivity index (χ0) is 10.7. The zero-order valence-corrected chi connectivity index (χ0v) is 9.41. The summed E-state index contributed by atoms with van der Waals surface area (Å²) in [6.45, 7) is 0.603. The molecule has 0 heterocycles. The van der Waals surface area contributed by atoms with Crippen molar-refractivity contribution in [2.45, 2.75) is 25.3 Å². The van der Waals surface area contributed by atoms with E-state index in [-0.39, 0.29) is 6.04 Å². The van der Waals surface area contributed by atoms with Gasteiger partial charge in [-0.2, -0.15) is 0 Å². The lowest BCUT2D eigenvalue weighted by atomic mass is 9.80. The molecule has 2 N–H and O–H groups in total. The summed E-state index contributed by atoms with van der Waals surface area (Å²) in [4.78, 5) is 0. The largest absolute Gasteiger partial charge is 0.492 e. The Kier molecular flexibility index (Phi) is 3.49. The standard InChI is InChI=1S/C12H16ClNO/c13-10-4-6-11(7-5-10)15-8-12(14)9-2-1-3-9/h4-7,9,12H,1-3,8,14H2. The molecule has 1 aromatic rings. The van der Waals surface area contributed by atoms with Gasteiger partial charge in [0.05, 0.1) is 0 Å². The van der Waals surface area contributed by atoms with Crippen LogP contribution in [0.25, 0.3) is 0 Å². The van der Waals surface area contributed by atoms with Crippen molar-refractivity contribution < 1.29 is 4.74 Å². The van der Waals surface area contributed by atoms with E-state index in [1.165, 1.54) is 19.3 Å². The monoisotopic (exact) mass is 225 g/mol. The lowest BCUT2D eigenvalue weighted by Gasteiger charge is -2.30. The summed E-state index contributed by atoms with van der Waals surface area (Å²) in [6, 6.07) is 7.57. The summed E-state index contributed by atoms with van der Waals surface area (Å²) in [7, 11) is 0. The van der Waals surface area contributed by atoms with Crippen LogP contribution in [-0.4, -0.2) is 12.6 Å². The first-order valence-electron chi connectivity index (χ1n) is 5.39. The second kappa shape index (κ2) is 4.86. The van der Waals surface area contributed by atoms with Crippen LogP contribution in [0.4, 0.5) is 0 Å². The first kappa shape index (κ1) is 10.8. The maximum atomic E-state index is 6.01. The Morgan fingerprint density at radius 2 is 2.00 bits per heavy atom. The number of halogens is 1. The van der Waals surface area contributed by atoms with Crippen molar-refractivity contribution in [3.05, 3.63) is 29.3 Å². The van der Waals surface area contributed by atoms with Gasteiger partial charge in [0.2, 0.25) is 0 Å². The van der Waals surface area contributed by atoms with Crippen molar-refractivity contribution in [3.63, 3.8) is 0 Å². The maximum absolute atomic E-state index is 6.01. The number of hydrogen-bond acceptors (Lipinski definition) is 2. The number of hydrogen-bond donors (Lipinski definition) is 1. The molecule has 0 bridgehead atoms. The number of nitrogens with two attached hydrogens (primary N) is 1. The molecule has 1 aromatic carbocycles. The maximum Gasteiger partial charge on any atom is 0.119 e.